The Morgan fingerprint density at radius 1 is 1.33 bits per heavy atom. The zero-order valence-corrected chi connectivity index (χ0v) is 11.2. The van der Waals surface area contributed by atoms with Crippen LogP contribution in [0.5, 0.6) is 0 Å². The van der Waals surface area contributed by atoms with E-state index in [1.807, 2.05) is 37.7 Å². The molecule has 0 saturated heterocycles. The number of aromatic nitrogens is 2. The normalized spacial score (nSPS) is 9.78. The highest BCUT2D eigenvalue weighted by atomic mass is 19.1. The van der Waals surface area contributed by atoms with E-state index >= 15 is 0 Å². The van der Waals surface area contributed by atoms with Crippen LogP contribution < -0.4 is 5.32 Å². The summed E-state index contributed by atoms with van der Waals surface area (Å²) < 4.78 is 15.0. The van der Waals surface area contributed by atoms with Gasteiger partial charge in [-0.05, 0) is 24.7 Å². The first-order valence-corrected chi connectivity index (χ1v) is 6.17. The van der Waals surface area contributed by atoms with Gasteiger partial charge in [-0.1, -0.05) is 26.0 Å². The van der Waals surface area contributed by atoms with Gasteiger partial charge in [0.15, 0.2) is 0 Å². The van der Waals surface area contributed by atoms with E-state index in [9.17, 15) is 4.39 Å². The maximum absolute atomic E-state index is 13.0. The summed E-state index contributed by atoms with van der Waals surface area (Å²) >= 11 is 0. The van der Waals surface area contributed by atoms with Crippen LogP contribution in [0.2, 0.25) is 0 Å². The molecule has 0 aliphatic rings. The lowest BCUT2D eigenvalue weighted by Gasteiger charge is -2.07. The summed E-state index contributed by atoms with van der Waals surface area (Å²) in [7, 11) is 1.89. The Bertz CT molecular complexity index is 466. The molecule has 3 nitrogen and oxygen atoms in total. The molecular weight excluding hydrogens is 229 g/mol. The maximum atomic E-state index is 13.0. The molecule has 0 unspecified atom stereocenters. The van der Waals surface area contributed by atoms with Crippen molar-refractivity contribution in [2.45, 2.75) is 26.9 Å². The first-order chi connectivity index (χ1) is 8.79. The zero-order valence-electron chi connectivity index (χ0n) is 11.2. The lowest BCUT2D eigenvalue weighted by atomic mass is 10.2. The van der Waals surface area contributed by atoms with Gasteiger partial charge in [-0.25, -0.2) is 9.37 Å². The van der Waals surface area contributed by atoms with E-state index in [2.05, 4.69) is 10.3 Å². The Hall–Kier alpha value is -1.68. The maximum Gasteiger partial charge on any atom is 0.123 e. The Balaban J connectivity index is 0.000000771. The van der Waals surface area contributed by atoms with Gasteiger partial charge >= 0.3 is 0 Å². The van der Waals surface area contributed by atoms with Crippen molar-refractivity contribution >= 4 is 0 Å². The second-order valence-electron chi connectivity index (χ2n) is 3.67. The number of nitrogens with one attached hydrogen (secondary N) is 1. The Morgan fingerprint density at radius 3 is 2.78 bits per heavy atom. The fourth-order valence-corrected chi connectivity index (χ4v) is 1.65. The largest absolute Gasteiger partial charge is 0.329 e. The standard InChI is InChI=1S/C12H14FN3.C2H6/c1-14-6-12-7-15-9-16(12)8-10-3-2-4-11(13)5-10;1-2/h2-5,7,9,14H,6,8H2,1H3;1-2H3. The summed E-state index contributed by atoms with van der Waals surface area (Å²) in [5, 5.41) is 3.07. The first-order valence-electron chi connectivity index (χ1n) is 6.17. The molecular formula is C14H20FN3. The fourth-order valence-electron chi connectivity index (χ4n) is 1.65. The summed E-state index contributed by atoms with van der Waals surface area (Å²) in [6.45, 7) is 5.41. The molecule has 0 atom stereocenters. The molecule has 2 rings (SSSR count). The highest BCUT2D eigenvalue weighted by Gasteiger charge is 2.02. The Kier molecular flexibility index (Phi) is 6.08. The molecule has 0 amide bonds. The van der Waals surface area contributed by atoms with Crippen molar-refractivity contribution < 1.29 is 4.39 Å². The van der Waals surface area contributed by atoms with Crippen LogP contribution in [-0.2, 0) is 13.1 Å². The van der Waals surface area contributed by atoms with E-state index in [1.54, 1.807) is 18.5 Å². The molecule has 0 fully saturated rings. The number of benzene rings is 1. The van der Waals surface area contributed by atoms with Crippen molar-refractivity contribution in [3.63, 3.8) is 0 Å². The quantitative estimate of drug-likeness (QED) is 0.903. The second kappa shape index (κ2) is 7.61. The minimum Gasteiger partial charge on any atom is -0.329 e. The summed E-state index contributed by atoms with van der Waals surface area (Å²) in [6.07, 6.45) is 3.58. The van der Waals surface area contributed by atoms with E-state index in [0.29, 0.717) is 6.54 Å². The summed E-state index contributed by atoms with van der Waals surface area (Å²) in [5.74, 6) is -0.201. The summed E-state index contributed by atoms with van der Waals surface area (Å²) in [5.41, 5.74) is 2.03. The lowest BCUT2D eigenvalue weighted by molar-refractivity contribution is 0.621. The highest BCUT2D eigenvalue weighted by Crippen LogP contribution is 2.08. The van der Waals surface area contributed by atoms with Crippen LogP contribution >= 0.6 is 0 Å². The van der Waals surface area contributed by atoms with Crippen LogP contribution in [0.3, 0.4) is 0 Å². The number of imidazole rings is 1. The minimum atomic E-state index is -0.201. The molecule has 98 valence electrons. The zero-order chi connectivity index (χ0) is 13.4. The lowest BCUT2D eigenvalue weighted by Crippen LogP contribution is -2.11. The van der Waals surface area contributed by atoms with Gasteiger partial charge < -0.3 is 9.88 Å². The molecule has 0 saturated carbocycles. The van der Waals surface area contributed by atoms with Crippen molar-refractivity contribution in [2.75, 3.05) is 7.05 Å². The van der Waals surface area contributed by atoms with Gasteiger partial charge in [0.1, 0.15) is 5.82 Å². The highest BCUT2D eigenvalue weighted by molar-refractivity contribution is 5.17. The molecule has 18 heavy (non-hydrogen) atoms. The smallest absolute Gasteiger partial charge is 0.123 e. The molecule has 0 aliphatic carbocycles. The van der Waals surface area contributed by atoms with Gasteiger partial charge in [0, 0.05) is 19.3 Å². The molecule has 1 aromatic carbocycles. The van der Waals surface area contributed by atoms with Crippen molar-refractivity contribution in [1.29, 1.82) is 0 Å². The average Bonchev–Trinajstić information content (AvgIpc) is 2.80. The predicted octanol–water partition coefficient (Wildman–Crippen LogP) is 2.82. The third kappa shape index (κ3) is 3.96. The van der Waals surface area contributed by atoms with Crippen LogP contribution in [0.15, 0.2) is 36.8 Å². The van der Waals surface area contributed by atoms with E-state index in [4.69, 9.17) is 0 Å². The Morgan fingerprint density at radius 2 is 2.11 bits per heavy atom. The van der Waals surface area contributed by atoms with Gasteiger partial charge in [-0.3, -0.25) is 0 Å². The van der Waals surface area contributed by atoms with Crippen molar-refractivity contribution in [2.24, 2.45) is 0 Å². The van der Waals surface area contributed by atoms with E-state index in [1.165, 1.54) is 6.07 Å². The van der Waals surface area contributed by atoms with Crippen LogP contribution in [0.4, 0.5) is 4.39 Å². The number of rotatable bonds is 4. The van der Waals surface area contributed by atoms with E-state index in [-0.39, 0.29) is 5.82 Å². The third-order valence-electron chi connectivity index (χ3n) is 2.40. The number of nitrogens with zero attached hydrogens (tertiary/aromatic N) is 2. The number of hydrogen-bond donors (Lipinski definition) is 1. The van der Waals surface area contributed by atoms with E-state index < -0.39 is 0 Å². The molecule has 1 heterocycles. The van der Waals surface area contributed by atoms with Crippen LogP contribution in [0.1, 0.15) is 25.1 Å². The molecule has 1 N–H and O–H groups in total. The fraction of sp³-hybridized carbons (Fsp3) is 0.357. The average molecular weight is 249 g/mol. The topological polar surface area (TPSA) is 29.9 Å². The van der Waals surface area contributed by atoms with Gasteiger partial charge in [0.05, 0.1) is 12.0 Å². The Labute approximate surface area is 108 Å². The third-order valence-corrected chi connectivity index (χ3v) is 2.40. The van der Waals surface area contributed by atoms with Crippen LogP contribution in [0, 0.1) is 5.82 Å². The first kappa shape index (κ1) is 14.4. The van der Waals surface area contributed by atoms with Gasteiger partial charge in [0.2, 0.25) is 0 Å². The van der Waals surface area contributed by atoms with Gasteiger partial charge in [0.25, 0.3) is 0 Å². The SMILES string of the molecule is CC.CNCc1cncn1Cc1cccc(F)c1. The van der Waals surface area contributed by atoms with Crippen molar-refractivity contribution in [3.05, 3.63) is 53.9 Å². The number of hydrogen-bond acceptors (Lipinski definition) is 2. The van der Waals surface area contributed by atoms with Gasteiger partial charge in [-0.2, -0.15) is 0 Å². The summed E-state index contributed by atoms with van der Waals surface area (Å²) in [4.78, 5) is 4.09. The molecule has 0 spiro atoms. The van der Waals surface area contributed by atoms with Gasteiger partial charge in [-0.15, -0.1) is 0 Å². The molecule has 0 radical (unpaired) electrons. The predicted molar refractivity (Wildman–Crippen MR) is 71.8 cm³/mol. The second-order valence-corrected chi connectivity index (χ2v) is 3.67. The molecule has 0 bridgehead atoms. The van der Waals surface area contributed by atoms with Crippen LogP contribution in [0.25, 0.3) is 0 Å². The molecule has 1 aromatic heterocycles. The van der Waals surface area contributed by atoms with Crippen LogP contribution in [-0.4, -0.2) is 16.6 Å². The molecule has 2 aromatic rings. The molecule has 0 aliphatic heterocycles. The van der Waals surface area contributed by atoms with Crippen molar-refractivity contribution in [3.8, 4) is 0 Å². The monoisotopic (exact) mass is 249 g/mol. The molecule has 4 heteroatoms. The van der Waals surface area contributed by atoms with E-state index in [0.717, 1.165) is 17.8 Å². The van der Waals surface area contributed by atoms with Crippen molar-refractivity contribution in [1.82, 2.24) is 14.9 Å². The minimum absolute atomic E-state index is 0.201. The summed E-state index contributed by atoms with van der Waals surface area (Å²) in [6, 6.07) is 6.63. The number of halogens is 1.